The lowest BCUT2D eigenvalue weighted by Gasteiger charge is -2.03. The molecule has 5 nitrogen and oxygen atoms in total. The maximum absolute atomic E-state index is 11.9. The van der Waals surface area contributed by atoms with Gasteiger partial charge in [0.15, 0.2) is 5.78 Å². The van der Waals surface area contributed by atoms with Gasteiger partial charge in [0.1, 0.15) is 5.69 Å². The molecule has 0 atom stereocenters. The van der Waals surface area contributed by atoms with Gasteiger partial charge in [-0.15, -0.1) is 0 Å². The van der Waals surface area contributed by atoms with Gasteiger partial charge in [-0.05, 0) is 31.2 Å². The lowest BCUT2D eigenvalue weighted by molar-refractivity contribution is 0.0953. The van der Waals surface area contributed by atoms with Crippen LogP contribution in [0.4, 0.5) is 0 Å². The summed E-state index contributed by atoms with van der Waals surface area (Å²) in [5.74, 6) is -0.407. The number of carbonyl (C=O) groups excluding carboxylic acids is 2. The number of nitrogens with zero attached hydrogens (tertiary/aromatic N) is 2. The van der Waals surface area contributed by atoms with E-state index in [4.69, 9.17) is 0 Å². The maximum Gasteiger partial charge on any atom is 0.271 e. The second kappa shape index (κ2) is 6.56. The smallest absolute Gasteiger partial charge is 0.271 e. The van der Waals surface area contributed by atoms with E-state index in [9.17, 15) is 9.59 Å². The molecule has 1 aromatic carbocycles. The molecule has 0 saturated carbocycles. The third-order valence-corrected chi connectivity index (χ3v) is 2.84. The molecule has 1 amide bonds. The number of hydrogen-bond donors (Lipinski definition) is 1. The summed E-state index contributed by atoms with van der Waals surface area (Å²) in [6.07, 6.45) is 0. The predicted molar refractivity (Wildman–Crippen MR) is 80.4 cm³/mol. The third kappa shape index (κ3) is 3.82. The predicted octanol–water partition coefficient (Wildman–Crippen LogP) is 2.44. The van der Waals surface area contributed by atoms with E-state index in [1.807, 2.05) is 6.07 Å². The largest absolute Gasteiger partial charge is 0.293 e. The average molecular weight is 281 g/mol. The number of hydrogen-bond acceptors (Lipinski definition) is 4. The fraction of sp³-hybridized carbons (Fsp3) is 0.125. The molecule has 21 heavy (non-hydrogen) atoms. The quantitative estimate of drug-likeness (QED) is 0.531. The Morgan fingerprint density at radius 1 is 0.952 bits per heavy atom. The molecule has 1 aromatic heterocycles. The molecule has 0 aliphatic heterocycles. The molecule has 0 spiro atoms. The summed E-state index contributed by atoms with van der Waals surface area (Å²) in [7, 11) is 0. The van der Waals surface area contributed by atoms with E-state index < -0.39 is 0 Å². The molecule has 2 aromatic rings. The minimum Gasteiger partial charge on any atom is -0.293 e. The van der Waals surface area contributed by atoms with Crippen molar-refractivity contribution in [2.24, 2.45) is 5.10 Å². The Hall–Kier alpha value is -2.82. The first-order valence-corrected chi connectivity index (χ1v) is 6.46. The Morgan fingerprint density at radius 3 is 2.29 bits per heavy atom. The summed E-state index contributed by atoms with van der Waals surface area (Å²) in [5, 5.41) is 4.01. The summed E-state index contributed by atoms with van der Waals surface area (Å²) >= 11 is 0. The topological polar surface area (TPSA) is 71.4 Å². The molecule has 0 radical (unpaired) electrons. The minimum atomic E-state index is -0.294. The first-order valence-electron chi connectivity index (χ1n) is 6.46. The minimum absolute atomic E-state index is 0.113. The van der Waals surface area contributed by atoms with E-state index >= 15 is 0 Å². The number of nitrogens with one attached hydrogen (secondary N) is 1. The van der Waals surface area contributed by atoms with E-state index in [-0.39, 0.29) is 11.7 Å². The third-order valence-electron chi connectivity index (χ3n) is 2.84. The molecule has 1 heterocycles. The molecule has 0 unspecified atom stereocenters. The number of rotatable bonds is 4. The number of amides is 1. The van der Waals surface area contributed by atoms with Crippen LogP contribution in [0.15, 0.2) is 53.6 Å². The number of aromatic nitrogens is 1. The van der Waals surface area contributed by atoms with Crippen LogP contribution in [0, 0.1) is 0 Å². The summed E-state index contributed by atoms with van der Waals surface area (Å²) in [6, 6.07) is 13.9. The Morgan fingerprint density at radius 2 is 1.62 bits per heavy atom. The highest BCUT2D eigenvalue weighted by atomic mass is 16.2. The van der Waals surface area contributed by atoms with Gasteiger partial charge in [0.25, 0.3) is 5.91 Å². The lowest BCUT2D eigenvalue weighted by atomic mass is 10.2. The van der Waals surface area contributed by atoms with Gasteiger partial charge in [0.05, 0.1) is 11.4 Å². The second-order valence-corrected chi connectivity index (χ2v) is 4.47. The van der Waals surface area contributed by atoms with Gasteiger partial charge in [-0.2, -0.15) is 5.10 Å². The van der Waals surface area contributed by atoms with E-state index in [1.165, 1.54) is 6.92 Å². The highest BCUT2D eigenvalue weighted by Crippen LogP contribution is 2.03. The Bertz CT molecular complexity index is 694. The number of carbonyl (C=O) groups is 2. The number of Topliss-reactive ketones (excluding diaryl/α,β-unsaturated/α-hetero) is 1. The van der Waals surface area contributed by atoms with Crippen molar-refractivity contribution < 1.29 is 9.59 Å². The van der Waals surface area contributed by atoms with Crippen LogP contribution >= 0.6 is 0 Å². The van der Waals surface area contributed by atoms with Crippen LogP contribution in [0.2, 0.25) is 0 Å². The Kier molecular flexibility index (Phi) is 4.56. The molecular formula is C16H15N3O2. The Labute approximate surface area is 122 Å². The summed E-state index contributed by atoms with van der Waals surface area (Å²) in [6.45, 7) is 3.17. The zero-order chi connectivity index (χ0) is 15.2. The van der Waals surface area contributed by atoms with E-state index in [2.05, 4.69) is 15.5 Å². The van der Waals surface area contributed by atoms with Crippen molar-refractivity contribution in [2.75, 3.05) is 0 Å². The molecule has 0 saturated heterocycles. The van der Waals surface area contributed by atoms with Crippen LogP contribution in [-0.4, -0.2) is 22.4 Å². The lowest BCUT2D eigenvalue weighted by Crippen LogP contribution is -2.19. The normalized spacial score (nSPS) is 11.0. The van der Waals surface area contributed by atoms with Gasteiger partial charge in [-0.25, -0.2) is 10.4 Å². The first kappa shape index (κ1) is 14.6. The van der Waals surface area contributed by atoms with E-state index in [1.54, 1.807) is 49.4 Å². The molecule has 5 heteroatoms. The number of ketones is 1. The van der Waals surface area contributed by atoms with Crippen LogP contribution in [0.5, 0.6) is 0 Å². The zero-order valence-corrected chi connectivity index (χ0v) is 11.8. The van der Waals surface area contributed by atoms with Gasteiger partial charge in [-0.3, -0.25) is 9.59 Å². The molecule has 2 rings (SSSR count). The van der Waals surface area contributed by atoms with Crippen molar-refractivity contribution in [2.45, 2.75) is 13.8 Å². The van der Waals surface area contributed by atoms with Gasteiger partial charge < -0.3 is 0 Å². The van der Waals surface area contributed by atoms with Crippen molar-refractivity contribution in [1.82, 2.24) is 10.4 Å². The summed E-state index contributed by atoms with van der Waals surface area (Å²) < 4.78 is 0. The van der Waals surface area contributed by atoms with Gasteiger partial charge in [0, 0.05) is 12.5 Å². The fourth-order valence-corrected chi connectivity index (χ4v) is 1.68. The van der Waals surface area contributed by atoms with Gasteiger partial charge >= 0.3 is 0 Å². The maximum atomic E-state index is 11.9. The van der Waals surface area contributed by atoms with Gasteiger partial charge in [0.2, 0.25) is 0 Å². The molecule has 0 bridgehead atoms. The van der Waals surface area contributed by atoms with Crippen LogP contribution in [-0.2, 0) is 0 Å². The second-order valence-electron chi connectivity index (χ2n) is 4.47. The summed E-state index contributed by atoms with van der Waals surface area (Å²) in [5.41, 5.74) is 4.45. The van der Waals surface area contributed by atoms with E-state index in [0.717, 1.165) is 0 Å². The van der Waals surface area contributed by atoms with E-state index in [0.29, 0.717) is 22.7 Å². The fourth-order valence-electron chi connectivity index (χ4n) is 1.68. The van der Waals surface area contributed by atoms with Gasteiger partial charge in [-0.1, -0.05) is 24.3 Å². The van der Waals surface area contributed by atoms with Crippen LogP contribution in [0.25, 0.3) is 0 Å². The molecule has 106 valence electrons. The number of pyridine rings is 1. The molecular weight excluding hydrogens is 266 g/mol. The molecule has 0 aliphatic carbocycles. The highest BCUT2D eigenvalue weighted by Gasteiger charge is 2.06. The average Bonchev–Trinajstić information content (AvgIpc) is 2.53. The Balaban J connectivity index is 2.13. The van der Waals surface area contributed by atoms with Crippen LogP contribution in [0.1, 0.15) is 40.4 Å². The first-order chi connectivity index (χ1) is 10.1. The monoisotopic (exact) mass is 281 g/mol. The summed E-state index contributed by atoms with van der Waals surface area (Å²) in [4.78, 5) is 27.4. The van der Waals surface area contributed by atoms with Crippen LogP contribution < -0.4 is 5.43 Å². The molecule has 1 N–H and O–H groups in total. The standard InChI is InChI=1S/C16H15N3O2/c1-11(14-9-6-10-15(17-14)12(2)20)18-19-16(21)13-7-4-3-5-8-13/h3-10H,1-2H3,(H,19,21)/b18-11+. The number of hydrazone groups is 1. The zero-order valence-electron chi connectivity index (χ0n) is 11.8. The van der Waals surface area contributed by atoms with Crippen LogP contribution in [0.3, 0.4) is 0 Å². The highest BCUT2D eigenvalue weighted by molar-refractivity contribution is 6.00. The van der Waals surface area contributed by atoms with Crippen molar-refractivity contribution in [3.8, 4) is 0 Å². The van der Waals surface area contributed by atoms with Crippen molar-refractivity contribution in [3.63, 3.8) is 0 Å². The van der Waals surface area contributed by atoms with Crippen molar-refractivity contribution >= 4 is 17.4 Å². The SMILES string of the molecule is CC(=O)c1cccc(/C(C)=N/NC(=O)c2ccccc2)n1. The van der Waals surface area contributed by atoms with Crippen molar-refractivity contribution in [1.29, 1.82) is 0 Å². The van der Waals surface area contributed by atoms with Crippen molar-refractivity contribution in [3.05, 3.63) is 65.5 Å². The molecule has 0 aliphatic rings. The number of benzene rings is 1. The molecule has 0 fully saturated rings.